The van der Waals surface area contributed by atoms with Gasteiger partial charge in [0.25, 0.3) is 0 Å². The van der Waals surface area contributed by atoms with E-state index in [1.807, 2.05) is 24.3 Å². The molecule has 4 nitrogen and oxygen atoms in total. The van der Waals surface area contributed by atoms with Crippen molar-refractivity contribution in [3.05, 3.63) is 35.7 Å². The molecule has 15 heavy (non-hydrogen) atoms. The van der Waals surface area contributed by atoms with E-state index in [1.165, 1.54) is 11.0 Å². The van der Waals surface area contributed by atoms with Gasteiger partial charge in [0.15, 0.2) is 5.15 Å². The van der Waals surface area contributed by atoms with Crippen LogP contribution in [0.25, 0.3) is 21.9 Å². The van der Waals surface area contributed by atoms with Gasteiger partial charge in [0.05, 0.1) is 5.52 Å². The van der Waals surface area contributed by atoms with Crippen LogP contribution in [0.2, 0.25) is 5.15 Å². The summed E-state index contributed by atoms with van der Waals surface area (Å²) in [6.45, 7) is 0. The minimum atomic E-state index is 0.382. The summed E-state index contributed by atoms with van der Waals surface area (Å²) in [5.41, 5.74) is 2.27. The molecule has 3 rings (SSSR count). The lowest BCUT2D eigenvalue weighted by atomic mass is 10.2. The number of hydrogen-bond donors (Lipinski definition) is 1. The van der Waals surface area contributed by atoms with Crippen LogP contribution in [0, 0.1) is 0 Å². The monoisotopic (exact) mass is 218 g/mol. The zero-order valence-corrected chi connectivity index (χ0v) is 8.44. The molecule has 0 aliphatic heterocycles. The first kappa shape index (κ1) is 8.49. The second-order valence-corrected chi connectivity index (χ2v) is 3.63. The van der Waals surface area contributed by atoms with Gasteiger partial charge >= 0.3 is 0 Å². The quantitative estimate of drug-likeness (QED) is 0.464. The fraction of sp³-hybridized carbons (Fsp3) is 0. The summed E-state index contributed by atoms with van der Waals surface area (Å²) in [6, 6.07) is 7.69. The van der Waals surface area contributed by atoms with Crippen molar-refractivity contribution < 1.29 is 0 Å². The second-order valence-electron chi connectivity index (χ2n) is 3.27. The third-order valence-electron chi connectivity index (χ3n) is 2.37. The molecule has 5 heteroatoms. The Kier molecular flexibility index (Phi) is 1.61. The molecule has 0 atom stereocenters. The minimum Gasteiger partial charge on any atom is -0.338 e. The molecule has 0 saturated heterocycles. The van der Waals surface area contributed by atoms with Gasteiger partial charge in [-0.15, -0.1) is 0 Å². The molecule has 2 N–H and O–H groups in total. The zero-order valence-electron chi connectivity index (χ0n) is 7.68. The summed E-state index contributed by atoms with van der Waals surface area (Å²) in [6.07, 6.45) is 1.53. The molecule has 0 aliphatic carbocycles. The van der Waals surface area contributed by atoms with Crippen LogP contribution in [-0.4, -0.2) is 14.6 Å². The Hall–Kier alpha value is -1.81. The number of fused-ring (bicyclic) bond motifs is 3. The highest BCUT2D eigenvalue weighted by Gasteiger charge is 2.10. The third-order valence-corrected chi connectivity index (χ3v) is 2.63. The zero-order chi connectivity index (χ0) is 10.4. The van der Waals surface area contributed by atoms with E-state index < -0.39 is 0 Å². The van der Waals surface area contributed by atoms with E-state index in [0.29, 0.717) is 10.7 Å². The highest BCUT2D eigenvalue weighted by molar-refractivity contribution is 6.35. The number of nitrogens with two attached hydrogens (primary N) is 1. The molecule has 0 radical (unpaired) electrons. The van der Waals surface area contributed by atoms with Crippen LogP contribution < -0.4 is 5.84 Å². The van der Waals surface area contributed by atoms with Crippen LogP contribution in [0.5, 0.6) is 0 Å². The summed E-state index contributed by atoms with van der Waals surface area (Å²) < 4.78 is 1.46. The number of halogens is 1. The molecule has 1 aromatic carbocycles. The Balaban J connectivity index is 2.67. The van der Waals surface area contributed by atoms with Crippen LogP contribution in [0.4, 0.5) is 0 Å². The summed E-state index contributed by atoms with van der Waals surface area (Å²) in [4.78, 5) is 8.36. The second kappa shape index (κ2) is 2.84. The van der Waals surface area contributed by atoms with E-state index in [-0.39, 0.29) is 0 Å². The molecular weight excluding hydrogens is 212 g/mol. The molecule has 0 amide bonds. The van der Waals surface area contributed by atoms with Crippen LogP contribution in [0.15, 0.2) is 30.6 Å². The minimum absolute atomic E-state index is 0.382. The smallest absolute Gasteiger partial charge is 0.157 e. The largest absolute Gasteiger partial charge is 0.338 e. The van der Waals surface area contributed by atoms with Crippen molar-refractivity contribution in [3.63, 3.8) is 0 Å². The topological polar surface area (TPSA) is 56.7 Å². The van der Waals surface area contributed by atoms with Crippen molar-refractivity contribution >= 4 is 33.5 Å². The van der Waals surface area contributed by atoms with Gasteiger partial charge in [0.2, 0.25) is 0 Å². The van der Waals surface area contributed by atoms with Gasteiger partial charge in [-0.2, -0.15) is 0 Å². The van der Waals surface area contributed by atoms with Crippen LogP contribution in [-0.2, 0) is 0 Å². The maximum atomic E-state index is 6.01. The first-order chi connectivity index (χ1) is 7.27. The Labute approximate surface area is 90.3 Å². The number of imidazole rings is 1. The molecule has 0 fully saturated rings. The summed E-state index contributed by atoms with van der Waals surface area (Å²) in [5.74, 6) is 5.78. The van der Waals surface area contributed by atoms with Gasteiger partial charge in [-0.3, -0.25) is 0 Å². The lowest BCUT2D eigenvalue weighted by Crippen LogP contribution is -2.05. The van der Waals surface area contributed by atoms with Crippen molar-refractivity contribution in [2.45, 2.75) is 0 Å². The van der Waals surface area contributed by atoms with Crippen molar-refractivity contribution in [1.29, 1.82) is 0 Å². The van der Waals surface area contributed by atoms with Crippen molar-refractivity contribution in [3.8, 4) is 0 Å². The summed E-state index contributed by atoms with van der Waals surface area (Å²) >= 11 is 6.01. The van der Waals surface area contributed by atoms with E-state index in [2.05, 4.69) is 9.97 Å². The van der Waals surface area contributed by atoms with Crippen LogP contribution in [0.3, 0.4) is 0 Å². The van der Waals surface area contributed by atoms with Gasteiger partial charge in [0, 0.05) is 5.39 Å². The van der Waals surface area contributed by atoms with Crippen LogP contribution in [0.1, 0.15) is 0 Å². The predicted octanol–water partition coefficient (Wildman–Crippen LogP) is 1.95. The molecule has 0 spiro atoms. The number of nitrogens with zero attached hydrogens (tertiary/aromatic N) is 3. The van der Waals surface area contributed by atoms with E-state index in [4.69, 9.17) is 17.4 Å². The average Bonchev–Trinajstić information content (AvgIpc) is 2.62. The normalized spacial score (nSPS) is 11.3. The maximum absolute atomic E-state index is 6.01. The number of rotatable bonds is 0. The number of nitrogen functional groups attached to an aromatic ring is 1. The maximum Gasteiger partial charge on any atom is 0.157 e. The average molecular weight is 219 g/mol. The number of aromatic nitrogens is 3. The Morgan fingerprint density at radius 3 is 2.93 bits per heavy atom. The van der Waals surface area contributed by atoms with Gasteiger partial charge < -0.3 is 5.84 Å². The number of hydrogen-bond acceptors (Lipinski definition) is 3. The van der Waals surface area contributed by atoms with Gasteiger partial charge in [0.1, 0.15) is 17.4 Å². The molecule has 0 aliphatic rings. The highest BCUT2D eigenvalue weighted by Crippen LogP contribution is 2.26. The van der Waals surface area contributed by atoms with Gasteiger partial charge in [-0.1, -0.05) is 29.8 Å². The Morgan fingerprint density at radius 2 is 2.07 bits per heavy atom. The van der Waals surface area contributed by atoms with Crippen molar-refractivity contribution in [1.82, 2.24) is 14.6 Å². The number of pyridine rings is 1. The Morgan fingerprint density at radius 1 is 1.27 bits per heavy atom. The Bertz CT molecular complexity index is 659. The number of para-hydroxylation sites is 1. The summed E-state index contributed by atoms with van der Waals surface area (Å²) in [7, 11) is 0. The lowest BCUT2D eigenvalue weighted by molar-refractivity contribution is 1.04. The van der Waals surface area contributed by atoms with Crippen LogP contribution >= 0.6 is 11.6 Å². The molecule has 0 saturated carbocycles. The fourth-order valence-electron chi connectivity index (χ4n) is 1.71. The number of benzene rings is 1. The third kappa shape index (κ3) is 1.08. The van der Waals surface area contributed by atoms with Gasteiger partial charge in [-0.25, -0.2) is 14.6 Å². The SMILES string of the molecule is Nn1cnc2c(Cl)nc3ccccc3c21. The van der Waals surface area contributed by atoms with E-state index in [0.717, 1.165) is 16.4 Å². The van der Waals surface area contributed by atoms with Crippen molar-refractivity contribution in [2.75, 3.05) is 5.84 Å². The fourth-order valence-corrected chi connectivity index (χ4v) is 1.94. The van der Waals surface area contributed by atoms with E-state index >= 15 is 0 Å². The first-order valence-corrected chi connectivity index (χ1v) is 4.81. The molecular formula is C10H7ClN4. The molecule has 2 aromatic heterocycles. The van der Waals surface area contributed by atoms with Crippen molar-refractivity contribution in [2.24, 2.45) is 0 Å². The van der Waals surface area contributed by atoms with E-state index in [1.54, 1.807) is 0 Å². The molecule has 74 valence electrons. The first-order valence-electron chi connectivity index (χ1n) is 4.44. The van der Waals surface area contributed by atoms with Gasteiger partial charge in [-0.05, 0) is 6.07 Å². The molecule has 3 aromatic rings. The molecule has 0 unspecified atom stereocenters. The highest BCUT2D eigenvalue weighted by atomic mass is 35.5. The standard InChI is InChI=1S/C10H7ClN4/c11-10-8-9(15(12)5-13-8)6-3-1-2-4-7(6)14-10/h1-5H,12H2. The predicted molar refractivity (Wildman–Crippen MR) is 60.2 cm³/mol. The molecule has 2 heterocycles. The van der Waals surface area contributed by atoms with E-state index in [9.17, 15) is 0 Å². The lowest BCUT2D eigenvalue weighted by Gasteiger charge is -2.01. The molecule has 0 bridgehead atoms. The summed E-state index contributed by atoms with van der Waals surface area (Å²) in [5, 5.41) is 1.34.